The van der Waals surface area contributed by atoms with Crippen LogP contribution in [0.2, 0.25) is 0 Å². The van der Waals surface area contributed by atoms with Crippen molar-refractivity contribution in [1.82, 2.24) is 21.3 Å². The van der Waals surface area contributed by atoms with E-state index in [0.29, 0.717) is 25.7 Å². The van der Waals surface area contributed by atoms with Crippen LogP contribution in [0, 0.1) is 0 Å². The van der Waals surface area contributed by atoms with E-state index in [2.05, 4.69) is 62.8 Å². The van der Waals surface area contributed by atoms with E-state index in [1.807, 2.05) is 12.2 Å². The fourth-order valence-electron chi connectivity index (χ4n) is 14.4. The van der Waals surface area contributed by atoms with Crippen LogP contribution in [0.5, 0.6) is 0 Å². The number of carbonyl (C=O) groups excluding carboxylic acids is 5. The summed E-state index contributed by atoms with van der Waals surface area (Å²) in [4.78, 5) is 89.9. The second kappa shape index (κ2) is 84.9. The summed E-state index contributed by atoms with van der Waals surface area (Å²) >= 11 is 0. The molecule has 6 N–H and O–H groups in total. The highest BCUT2D eigenvalue weighted by Gasteiger charge is 2.32. The lowest BCUT2D eigenvalue weighted by Gasteiger charge is -2.27. The second-order valence-electron chi connectivity index (χ2n) is 32.9. The van der Waals surface area contributed by atoms with Crippen molar-refractivity contribution in [2.24, 2.45) is 0 Å². The normalized spacial score (nSPS) is 13.9. The zero-order valence-electron chi connectivity index (χ0n) is 74.5. The maximum atomic E-state index is 13.8. The lowest BCUT2D eigenvalue weighted by molar-refractivity contribution is -0.150. The van der Waals surface area contributed by atoms with E-state index in [1.54, 1.807) is 12.2 Å². The van der Waals surface area contributed by atoms with E-state index < -0.39 is 84.3 Å². The lowest BCUT2D eigenvalue weighted by Crippen LogP contribution is -2.47. The van der Waals surface area contributed by atoms with Crippen LogP contribution in [0.15, 0.2) is 24.3 Å². The summed E-state index contributed by atoms with van der Waals surface area (Å²) in [6.07, 6.45) is 79.0. The predicted octanol–water partition coefficient (Wildman–Crippen LogP) is 27.1. The van der Waals surface area contributed by atoms with Crippen molar-refractivity contribution in [2.75, 3.05) is 39.5 Å². The van der Waals surface area contributed by atoms with E-state index in [-0.39, 0.29) is 50.6 Å². The van der Waals surface area contributed by atoms with Gasteiger partial charge in [0.1, 0.15) is 12.2 Å². The van der Waals surface area contributed by atoms with Crippen LogP contribution in [-0.4, -0.2) is 103 Å². The first kappa shape index (κ1) is 111. The Labute approximate surface area is 699 Å². The van der Waals surface area contributed by atoms with Crippen molar-refractivity contribution in [1.29, 1.82) is 0 Å². The van der Waals surface area contributed by atoms with Crippen LogP contribution in [-0.2, 0) is 55.9 Å². The number of ether oxygens (including phenoxy) is 2. The SMILES string of the molecule is CCCCCCCCCCCCCC=CC(OC(=O)CCCCCCCCCCC)[C@H](COP(=O)(O)OCCNC(=O)NCCOP(=O)(O)OC[C@H](NC(=O)CCCCCCCCCCCCC)C(C=CCCCCCCCCCCCCC)OC(=O)CCCCCCCCCCC)NC(=O)CCCCCCCCCCCCC. The van der Waals surface area contributed by atoms with Crippen molar-refractivity contribution in [2.45, 2.75) is 502 Å². The van der Waals surface area contributed by atoms with Gasteiger partial charge in [0.25, 0.3) is 0 Å². The molecule has 19 nitrogen and oxygen atoms in total. The number of urea groups is 1. The molecule has 0 fully saturated rings. The molecule has 0 spiro atoms. The molecule has 0 saturated carbocycles. The van der Waals surface area contributed by atoms with Crippen LogP contribution in [0.3, 0.4) is 0 Å². The Hall–Kier alpha value is -3.15. The molecule has 0 aromatic carbocycles. The molecule has 4 amide bonds. The topological polar surface area (TPSA) is 263 Å². The van der Waals surface area contributed by atoms with E-state index >= 15 is 0 Å². The first-order valence-electron chi connectivity index (χ1n) is 48.1. The Morgan fingerprint density at radius 3 is 0.737 bits per heavy atom. The zero-order chi connectivity index (χ0) is 83.4. The molecule has 0 aromatic heterocycles. The van der Waals surface area contributed by atoms with Gasteiger partial charge in [0.2, 0.25) is 11.8 Å². The van der Waals surface area contributed by atoms with Crippen LogP contribution < -0.4 is 21.3 Å². The van der Waals surface area contributed by atoms with Gasteiger partial charge in [-0.1, -0.05) is 413 Å². The zero-order valence-corrected chi connectivity index (χ0v) is 76.3. The molecule has 0 bridgehead atoms. The summed E-state index contributed by atoms with van der Waals surface area (Å²) < 4.78 is 61.2. The van der Waals surface area contributed by atoms with Gasteiger partial charge in [-0.25, -0.2) is 13.9 Å². The Morgan fingerprint density at radius 2 is 0.500 bits per heavy atom. The number of rotatable bonds is 90. The predicted molar refractivity (Wildman–Crippen MR) is 475 cm³/mol. The number of carbonyl (C=O) groups is 5. The van der Waals surface area contributed by atoms with E-state index in [9.17, 15) is 42.9 Å². The van der Waals surface area contributed by atoms with Gasteiger partial charge < -0.3 is 40.5 Å². The lowest BCUT2D eigenvalue weighted by atomic mass is 10.0. The number of esters is 2. The molecule has 0 radical (unpaired) electrons. The minimum absolute atomic E-state index is 0.200. The maximum absolute atomic E-state index is 13.8. The number of nitrogens with one attached hydrogen (secondary N) is 4. The number of allylic oxidation sites excluding steroid dienone is 2. The molecule has 6 atom stereocenters. The summed E-state index contributed by atoms with van der Waals surface area (Å²) in [5.41, 5.74) is 0. The van der Waals surface area contributed by atoms with Crippen molar-refractivity contribution in [3.8, 4) is 0 Å². The molecule has 0 heterocycles. The fraction of sp³-hybridized carbons (Fsp3) is 0.903. The average Bonchev–Trinajstić information content (AvgIpc) is 0.878. The highest BCUT2D eigenvalue weighted by molar-refractivity contribution is 7.47. The molecule has 0 aromatic rings. The number of phosphoric acid groups is 2. The van der Waals surface area contributed by atoms with Gasteiger partial charge in [-0.3, -0.25) is 37.3 Å². The number of phosphoric ester groups is 2. The van der Waals surface area contributed by atoms with E-state index in [0.717, 1.165) is 128 Å². The minimum atomic E-state index is -4.83. The fourth-order valence-corrected chi connectivity index (χ4v) is 15.9. The van der Waals surface area contributed by atoms with E-state index in [4.69, 9.17) is 27.6 Å². The molecule has 0 saturated heterocycles. The number of hydrogen-bond donors (Lipinski definition) is 6. The maximum Gasteiger partial charge on any atom is 0.472 e. The van der Waals surface area contributed by atoms with Crippen molar-refractivity contribution in [3.63, 3.8) is 0 Å². The van der Waals surface area contributed by atoms with Crippen LogP contribution in [0.25, 0.3) is 0 Å². The molecule has 672 valence electrons. The van der Waals surface area contributed by atoms with Crippen LogP contribution >= 0.6 is 15.6 Å². The molecule has 0 rings (SSSR count). The molecule has 114 heavy (non-hydrogen) atoms. The van der Waals surface area contributed by atoms with Crippen molar-refractivity contribution >= 4 is 45.4 Å². The van der Waals surface area contributed by atoms with Gasteiger partial charge in [0.05, 0.1) is 38.5 Å². The van der Waals surface area contributed by atoms with E-state index in [1.165, 1.54) is 257 Å². The highest BCUT2D eigenvalue weighted by Crippen LogP contribution is 2.44. The van der Waals surface area contributed by atoms with Gasteiger partial charge in [0.15, 0.2) is 0 Å². The summed E-state index contributed by atoms with van der Waals surface area (Å²) in [7, 11) is -9.65. The molecular weight excluding hydrogens is 1470 g/mol. The number of hydrogen-bond acceptors (Lipinski definition) is 13. The second-order valence-corrected chi connectivity index (χ2v) is 35.8. The average molecular weight is 1660 g/mol. The third-order valence-electron chi connectivity index (χ3n) is 21.7. The Bertz CT molecular complexity index is 2180. The monoisotopic (exact) mass is 1660 g/mol. The third kappa shape index (κ3) is 78.7. The van der Waals surface area contributed by atoms with Crippen molar-refractivity contribution < 1.29 is 70.5 Å². The van der Waals surface area contributed by atoms with Crippen LogP contribution in [0.4, 0.5) is 4.79 Å². The molecule has 4 unspecified atom stereocenters. The highest BCUT2D eigenvalue weighted by atomic mass is 31.2. The van der Waals surface area contributed by atoms with Gasteiger partial charge in [-0.2, -0.15) is 0 Å². The van der Waals surface area contributed by atoms with Gasteiger partial charge in [-0.05, 0) is 63.5 Å². The quantitative estimate of drug-likeness (QED) is 0.0143. The molecule has 0 aliphatic carbocycles. The Balaban J connectivity index is 6.18. The molecule has 21 heteroatoms. The Morgan fingerprint density at radius 1 is 0.289 bits per heavy atom. The summed E-state index contributed by atoms with van der Waals surface area (Å²) in [6, 6.07) is -2.77. The standard InChI is InChI=1S/C93H180N4O15P2/c1-7-13-19-25-31-37-41-43-47-51-55-61-67-73-87(111-91(100)77-71-65-59-49-35-29-23-17-11-5)85(96-89(98)75-69-63-57-53-45-39-33-27-21-15-9-3)83-109-113(103,104)107-81-79-94-93(102)95-80-82-108-114(105,106)110-84-86(97-90(99)76-70-64-58-54-46-40-34-28-22-16-10-4)88(112-92(101)78-72-66-60-50-36-30-24-18-12-6)74-68-62-56-52-48-44-42-38-32-26-20-14-8-2/h67-68,73-74,85-88H,7-66,69-72,75-84H2,1-6H3,(H,96,98)(H,97,99)(H,103,104)(H,105,106)(H2,94,95,102)/t85-,86-,87?,88?/m0/s1. The summed E-state index contributed by atoms with van der Waals surface area (Å²) in [5, 5.41) is 11.1. The first-order chi connectivity index (χ1) is 55.6. The molecular formula is C93H180N4O15P2. The van der Waals surface area contributed by atoms with Crippen molar-refractivity contribution in [3.05, 3.63) is 24.3 Å². The van der Waals surface area contributed by atoms with Gasteiger partial charge in [0, 0.05) is 38.8 Å². The summed E-state index contributed by atoms with van der Waals surface area (Å²) in [5.74, 6) is -1.40. The number of unbranched alkanes of at least 4 members (excludes halogenated alkanes) is 58. The molecule has 0 aliphatic heterocycles. The third-order valence-corrected chi connectivity index (χ3v) is 23.7. The Kier molecular flexibility index (Phi) is 82.5. The van der Waals surface area contributed by atoms with Gasteiger partial charge >= 0.3 is 33.6 Å². The summed E-state index contributed by atoms with van der Waals surface area (Å²) in [6.45, 7) is 10.9. The molecule has 0 aliphatic rings. The largest absolute Gasteiger partial charge is 0.472 e. The smallest absolute Gasteiger partial charge is 0.456 e. The van der Waals surface area contributed by atoms with Gasteiger partial charge in [-0.15, -0.1) is 0 Å². The number of amides is 4. The van der Waals surface area contributed by atoms with Crippen LogP contribution in [0.1, 0.15) is 478 Å². The minimum Gasteiger partial charge on any atom is -0.456 e. The first-order valence-corrected chi connectivity index (χ1v) is 51.1.